The van der Waals surface area contributed by atoms with E-state index in [9.17, 15) is 5.11 Å². The summed E-state index contributed by atoms with van der Waals surface area (Å²) in [6, 6.07) is 15.2. The van der Waals surface area contributed by atoms with Crippen LogP contribution in [0.25, 0.3) is 11.1 Å². The number of amidine groups is 1. The van der Waals surface area contributed by atoms with E-state index in [0.717, 1.165) is 29.5 Å². The van der Waals surface area contributed by atoms with Crippen LogP contribution in [0, 0.1) is 5.41 Å². The molecule has 1 aromatic heterocycles. The number of hydrogen-bond acceptors (Lipinski definition) is 5. The largest absolute Gasteiger partial charge is 0.390 e. The maximum Gasteiger partial charge on any atom is 0.176 e. The molecule has 0 spiro atoms. The molecular weight excluding hydrogens is 414 g/mol. The lowest BCUT2D eigenvalue weighted by molar-refractivity contribution is 0.270. The number of nitrogens with zero attached hydrogens (tertiary/aromatic N) is 4. The van der Waals surface area contributed by atoms with Gasteiger partial charge in [-0.25, -0.2) is 4.98 Å². The Kier molecular flexibility index (Phi) is 7.51. The van der Waals surface area contributed by atoms with Gasteiger partial charge in [0.15, 0.2) is 11.0 Å². The SMILES string of the molecule is CCCC(N)c1nc(Cl)c(CO)n1Cc1ccc(-c2ccccc2C(=N)N=NN)cc1. The molecule has 1 heterocycles. The van der Waals surface area contributed by atoms with Gasteiger partial charge in [0.05, 0.1) is 18.3 Å². The number of aromatic nitrogens is 2. The Bertz CT molecular complexity index is 1080. The first-order chi connectivity index (χ1) is 15.0. The molecule has 1 unspecified atom stereocenters. The standard InChI is InChI=1S/C22H26ClN7O/c1-2-5-18(24)22-27-20(23)19(13-31)30(22)12-14-8-10-15(11-9-14)16-6-3-4-7-17(16)21(25)28-29-26/h3-4,6-11,18,31H,2,5,12-13,24H2,1H3,(H3,25,26,28). The molecular formula is C22H26ClN7O. The Morgan fingerprint density at radius 3 is 2.58 bits per heavy atom. The predicted octanol–water partition coefficient (Wildman–Crippen LogP) is 4.20. The highest BCUT2D eigenvalue weighted by molar-refractivity contribution is 6.30. The van der Waals surface area contributed by atoms with Gasteiger partial charge in [-0.15, -0.1) is 5.11 Å². The molecule has 2 aromatic carbocycles. The maximum atomic E-state index is 9.79. The van der Waals surface area contributed by atoms with Crippen molar-refractivity contribution in [2.75, 3.05) is 0 Å². The van der Waals surface area contributed by atoms with Crippen LogP contribution in [0.2, 0.25) is 5.15 Å². The normalized spacial score (nSPS) is 12.4. The van der Waals surface area contributed by atoms with Gasteiger partial charge in [0.1, 0.15) is 5.82 Å². The Morgan fingerprint density at radius 1 is 1.23 bits per heavy atom. The average Bonchev–Trinajstić information content (AvgIpc) is 3.09. The van der Waals surface area contributed by atoms with Gasteiger partial charge in [-0.2, -0.15) is 0 Å². The fourth-order valence-corrected chi connectivity index (χ4v) is 3.80. The van der Waals surface area contributed by atoms with E-state index in [2.05, 4.69) is 22.2 Å². The third-order valence-electron chi connectivity index (χ3n) is 5.08. The molecule has 0 aliphatic rings. The van der Waals surface area contributed by atoms with Gasteiger partial charge in [0.2, 0.25) is 0 Å². The van der Waals surface area contributed by atoms with Crippen LogP contribution in [-0.2, 0) is 13.2 Å². The number of nitrogens with two attached hydrogens (primary N) is 2. The summed E-state index contributed by atoms with van der Waals surface area (Å²) in [6.07, 6.45) is 1.70. The zero-order valence-electron chi connectivity index (χ0n) is 17.3. The molecule has 9 heteroatoms. The summed E-state index contributed by atoms with van der Waals surface area (Å²) in [5.74, 6) is 5.77. The first kappa shape index (κ1) is 22.6. The summed E-state index contributed by atoms with van der Waals surface area (Å²) in [5, 5.41) is 25.0. The lowest BCUT2D eigenvalue weighted by atomic mass is 9.98. The number of halogens is 1. The van der Waals surface area contributed by atoms with Gasteiger partial charge in [-0.05, 0) is 23.1 Å². The molecule has 1 atom stereocenters. The van der Waals surface area contributed by atoms with Gasteiger partial charge in [0, 0.05) is 12.1 Å². The van der Waals surface area contributed by atoms with Gasteiger partial charge >= 0.3 is 0 Å². The predicted molar refractivity (Wildman–Crippen MR) is 122 cm³/mol. The molecule has 0 saturated heterocycles. The number of aliphatic hydroxyl groups is 1. The molecule has 0 radical (unpaired) electrons. The second-order valence-corrected chi connectivity index (χ2v) is 7.51. The molecule has 0 fully saturated rings. The van der Waals surface area contributed by atoms with E-state index in [4.69, 9.17) is 28.6 Å². The first-order valence-corrected chi connectivity index (χ1v) is 10.4. The zero-order chi connectivity index (χ0) is 22.4. The number of hydrogen-bond donors (Lipinski definition) is 4. The van der Waals surface area contributed by atoms with E-state index in [0.29, 0.717) is 23.6 Å². The summed E-state index contributed by atoms with van der Waals surface area (Å²) >= 11 is 6.25. The van der Waals surface area contributed by atoms with Crippen LogP contribution in [0.1, 0.15) is 48.5 Å². The molecule has 3 aromatic rings. The van der Waals surface area contributed by atoms with Crippen LogP contribution in [0.15, 0.2) is 58.9 Å². The summed E-state index contributed by atoms with van der Waals surface area (Å²) in [5.41, 5.74) is 10.3. The Labute approximate surface area is 186 Å². The Morgan fingerprint density at radius 2 is 1.94 bits per heavy atom. The van der Waals surface area contributed by atoms with Gasteiger partial charge in [-0.3, -0.25) is 5.41 Å². The molecule has 8 nitrogen and oxygen atoms in total. The molecule has 162 valence electrons. The van der Waals surface area contributed by atoms with E-state index in [1.807, 2.05) is 53.1 Å². The van der Waals surface area contributed by atoms with E-state index >= 15 is 0 Å². The van der Waals surface area contributed by atoms with Crippen LogP contribution >= 0.6 is 11.6 Å². The van der Waals surface area contributed by atoms with Crippen molar-refractivity contribution in [3.8, 4) is 11.1 Å². The maximum absolute atomic E-state index is 9.79. The highest BCUT2D eigenvalue weighted by Gasteiger charge is 2.20. The summed E-state index contributed by atoms with van der Waals surface area (Å²) in [6.45, 7) is 2.34. The van der Waals surface area contributed by atoms with Crippen molar-refractivity contribution in [2.45, 2.75) is 39.0 Å². The fraction of sp³-hybridized carbons (Fsp3) is 0.273. The van der Waals surface area contributed by atoms with Crippen LogP contribution in [0.5, 0.6) is 0 Å². The molecule has 0 amide bonds. The summed E-state index contributed by atoms with van der Waals surface area (Å²) < 4.78 is 1.89. The number of nitrogens with one attached hydrogen (secondary N) is 1. The minimum Gasteiger partial charge on any atom is -0.390 e. The highest BCUT2D eigenvalue weighted by atomic mass is 35.5. The minimum absolute atomic E-state index is 0.00243. The third kappa shape index (κ3) is 4.99. The quantitative estimate of drug-likeness (QED) is 0.137. The molecule has 0 saturated carbocycles. The van der Waals surface area contributed by atoms with Crippen molar-refractivity contribution < 1.29 is 5.11 Å². The average molecular weight is 440 g/mol. The van der Waals surface area contributed by atoms with Crippen molar-refractivity contribution in [1.29, 1.82) is 5.41 Å². The van der Waals surface area contributed by atoms with Gasteiger partial charge in [0.25, 0.3) is 0 Å². The van der Waals surface area contributed by atoms with Crippen LogP contribution < -0.4 is 11.6 Å². The van der Waals surface area contributed by atoms with Gasteiger partial charge in [-0.1, -0.05) is 78.7 Å². The highest BCUT2D eigenvalue weighted by Crippen LogP contribution is 2.27. The molecule has 31 heavy (non-hydrogen) atoms. The summed E-state index contributed by atoms with van der Waals surface area (Å²) in [7, 11) is 0. The topological polar surface area (TPSA) is 139 Å². The first-order valence-electron chi connectivity index (χ1n) is 9.99. The lowest BCUT2D eigenvalue weighted by Crippen LogP contribution is -2.18. The monoisotopic (exact) mass is 439 g/mol. The van der Waals surface area contributed by atoms with Crippen molar-refractivity contribution >= 4 is 17.4 Å². The lowest BCUT2D eigenvalue weighted by Gasteiger charge is -2.16. The summed E-state index contributed by atoms with van der Waals surface area (Å²) in [4.78, 5) is 4.40. The van der Waals surface area contributed by atoms with Crippen LogP contribution in [0.4, 0.5) is 0 Å². The van der Waals surface area contributed by atoms with Crippen molar-refractivity contribution in [1.82, 2.24) is 9.55 Å². The zero-order valence-corrected chi connectivity index (χ0v) is 18.0. The van der Waals surface area contributed by atoms with E-state index < -0.39 is 0 Å². The van der Waals surface area contributed by atoms with Crippen LogP contribution in [-0.4, -0.2) is 20.5 Å². The number of aliphatic hydroxyl groups excluding tert-OH is 1. The smallest absolute Gasteiger partial charge is 0.176 e. The number of imidazole rings is 1. The molecule has 0 aliphatic heterocycles. The van der Waals surface area contributed by atoms with Crippen molar-refractivity contribution in [3.63, 3.8) is 0 Å². The second-order valence-electron chi connectivity index (χ2n) is 7.15. The second kappa shape index (κ2) is 10.3. The molecule has 0 aliphatic carbocycles. The van der Waals surface area contributed by atoms with Crippen molar-refractivity contribution in [3.05, 3.63) is 76.3 Å². The Balaban J connectivity index is 1.92. The van der Waals surface area contributed by atoms with E-state index in [1.165, 1.54) is 0 Å². The van der Waals surface area contributed by atoms with Gasteiger partial charge < -0.3 is 21.2 Å². The minimum atomic E-state index is -0.253. The van der Waals surface area contributed by atoms with E-state index in [-0.39, 0.29) is 23.6 Å². The van der Waals surface area contributed by atoms with E-state index in [1.54, 1.807) is 0 Å². The molecule has 3 rings (SSSR count). The van der Waals surface area contributed by atoms with Crippen LogP contribution in [0.3, 0.4) is 0 Å². The van der Waals surface area contributed by atoms with Crippen molar-refractivity contribution in [2.24, 2.45) is 21.9 Å². The third-order valence-corrected chi connectivity index (χ3v) is 5.38. The number of benzene rings is 2. The molecule has 6 N–H and O–H groups in total. The Hall–Kier alpha value is -3.07. The molecule has 0 bridgehead atoms. The number of rotatable bonds is 8. The fourth-order valence-electron chi connectivity index (χ4n) is 3.55.